The number of likely N-dealkylation sites (tertiary alicyclic amines) is 1. The van der Waals surface area contributed by atoms with Crippen LogP contribution in [0.1, 0.15) is 36.0 Å². The number of rotatable bonds is 2. The maximum Gasteiger partial charge on any atom is 0.254 e. The molecular weight excluding hydrogens is 270 g/mol. The summed E-state index contributed by atoms with van der Waals surface area (Å²) in [7, 11) is 0. The van der Waals surface area contributed by atoms with Gasteiger partial charge >= 0.3 is 0 Å². The second kappa shape index (κ2) is 6.35. The summed E-state index contributed by atoms with van der Waals surface area (Å²) in [6.45, 7) is 1.78. The van der Waals surface area contributed by atoms with Crippen LogP contribution in [0.3, 0.4) is 0 Å². The van der Waals surface area contributed by atoms with Gasteiger partial charge in [0, 0.05) is 12.1 Å². The Labute approximate surface area is 124 Å². The Morgan fingerprint density at radius 1 is 1.19 bits per heavy atom. The van der Waals surface area contributed by atoms with Gasteiger partial charge in [-0.05, 0) is 31.0 Å². The van der Waals surface area contributed by atoms with E-state index in [1.54, 1.807) is 23.1 Å². The normalized spacial score (nSPS) is 21.8. The third-order valence-corrected chi connectivity index (χ3v) is 4.14. The minimum atomic E-state index is -0.0757. The van der Waals surface area contributed by atoms with E-state index in [0.29, 0.717) is 36.8 Å². The van der Waals surface area contributed by atoms with E-state index in [1.165, 1.54) is 0 Å². The third kappa shape index (κ3) is 2.97. The van der Waals surface area contributed by atoms with Gasteiger partial charge in [0.2, 0.25) is 0 Å². The van der Waals surface area contributed by atoms with Gasteiger partial charge in [-0.1, -0.05) is 12.8 Å². The summed E-state index contributed by atoms with van der Waals surface area (Å²) in [5, 5.41) is 9.54. The molecule has 0 saturated carbocycles. The van der Waals surface area contributed by atoms with Crippen molar-refractivity contribution in [3.8, 4) is 11.5 Å². The molecule has 0 bridgehead atoms. The first-order valence-electron chi connectivity index (χ1n) is 7.61. The molecule has 2 heterocycles. The molecule has 1 saturated heterocycles. The Kier molecular flexibility index (Phi) is 4.29. The average molecular weight is 291 g/mol. The number of carbonyl (C=O) groups excluding carboxylic acids is 1. The van der Waals surface area contributed by atoms with Gasteiger partial charge in [-0.3, -0.25) is 4.79 Å². The maximum atomic E-state index is 12.7. The molecular formula is C16H21NO4. The minimum Gasteiger partial charge on any atom is -0.486 e. The quantitative estimate of drug-likeness (QED) is 0.903. The van der Waals surface area contributed by atoms with Crippen molar-refractivity contribution < 1.29 is 19.4 Å². The molecule has 0 spiro atoms. The van der Waals surface area contributed by atoms with Crippen molar-refractivity contribution in [3.05, 3.63) is 23.8 Å². The molecule has 1 aromatic carbocycles. The molecule has 1 fully saturated rings. The molecule has 0 aliphatic carbocycles. The highest BCUT2D eigenvalue weighted by atomic mass is 16.6. The van der Waals surface area contributed by atoms with Gasteiger partial charge in [0.05, 0.1) is 12.6 Å². The summed E-state index contributed by atoms with van der Waals surface area (Å²) in [5.41, 5.74) is 0.597. The van der Waals surface area contributed by atoms with Crippen LogP contribution in [0, 0.1) is 0 Å². The van der Waals surface area contributed by atoms with Crippen molar-refractivity contribution in [2.24, 2.45) is 0 Å². The van der Waals surface area contributed by atoms with Crippen LogP contribution in [-0.4, -0.2) is 48.3 Å². The van der Waals surface area contributed by atoms with Crippen molar-refractivity contribution in [3.63, 3.8) is 0 Å². The number of carbonyl (C=O) groups is 1. The highest BCUT2D eigenvalue weighted by Gasteiger charge is 2.26. The van der Waals surface area contributed by atoms with Gasteiger partial charge in [-0.25, -0.2) is 0 Å². The lowest BCUT2D eigenvalue weighted by Crippen LogP contribution is -2.42. The Bertz CT molecular complexity index is 517. The summed E-state index contributed by atoms with van der Waals surface area (Å²) in [6, 6.07) is 5.23. The van der Waals surface area contributed by atoms with E-state index in [-0.39, 0.29) is 18.6 Å². The first-order chi connectivity index (χ1) is 10.3. The van der Waals surface area contributed by atoms with Crippen molar-refractivity contribution in [2.45, 2.75) is 31.7 Å². The average Bonchev–Trinajstić information content (AvgIpc) is 2.79. The fourth-order valence-corrected chi connectivity index (χ4v) is 2.98. The molecule has 0 aromatic heterocycles. The van der Waals surface area contributed by atoms with Gasteiger partial charge in [0.1, 0.15) is 13.2 Å². The van der Waals surface area contributed by atoms with Crippen LogP contribution in [0.25, 0.3) is 0 Å². The zero-order valence-corrected chi connectivity index (χ0v) is 12.1. The lowest BCUT2D eigenvalue weighted by atomic mass is 10.1. The number of hydrogen-bond donors (Lipinski definition) is 1. The Morgan fingerprint density at radius 2 is 2.00 bits per heavy atom. The highest BCUT2D eigenvalue weighted by Crippen LogP contribution is 2.31. The van der Waals surface area contributed by atoms with Gasteiger partial charge in [-0.2, -0.15) is 0 Å². The van der Waals surface area contributed by atoms with Crippen LogP contribution < -0.4 is 9.47 Å². The molecule has 2 aliphatic rings. The predicted molar refractivity (Wildman–Crippen MR) is 77.8 cm³/mol. The van der Waals surface area contributed by atoms with Gasteiger partial charge in [-0.15, -0.1) is 0 Å². The molecule has 1 N–H and O–H groups in total. The standard InChI is InChI=1S/C16H21NO4/c18-11-13-4-2-1-3-7-17(13)16(19)12-5-6-14-15(10-12)21-9-8-20-14/h5-6,10,13,18H,1-4,7-9,11H2. The molecule has 1 aromatic rings. The lowest BCUT2D eigenvalue weighted by Gasteiger charge is -2.29. The van der Waals surface area contributed by atoms with E-state index in [1.807, 2.05) is 0 Å². The molecule has 5 heteroatoms. The second-order valence-electron chi connectivity index (χ2n) is 5.54. The van der Waals surface area contributed by atoms with Crippen molar-refractivity contribution in [1.29, 1.82) is 0 Å². The minimum absolute atomic E-state index is 0.0241. The van der Waals surface area contributed by atoms with E-state index < -0.39 is 0 Å². The summed E-state index contributed by atoms with van der Waals surface area (Å²) < 4.78 is 11.0. The number of aliphatic hydroxyl groups is 1. The Balaban J connectivity index is 1.83. The predicted octanol–water partition coefficient (Wildman–Crippen LogP) is 1.83. The first kappa shape index (κ1) is 14.2. The van der Waals surface area contributed by atoms with Crippen molar-refractivity contribution in [1.82, 2.24) is 4.90 Å². The molecule has 5 nitrogen and oxygen atoms in total. The zero-order valence-electron chi connectivity index (χ0n) is 12.1. The number of hydrogen-bond acceptors (Lipinski definition) is 4. The van der Waals surface area contributed by atoms with Crippen LogP contribution >= 0.6 is 0 Å². The van der Waals surface area contributed by atoms with E-state index in [0.717, 1.165) is 25.7 Å². The monoisotopic (exact) mass is 291 g/mol. The fourth-order valence-electron chi connectivity index (χ4n) is 2.98. The lowest BCUT2D eigenvalue weighted by molar-refractivity contribution is 0.0599. The Morgan fingerprint density at radius 3 is 2.81 bits per heavy atom. The summed E-state index contributed by atoms with van der Waals surface area (Å²) in [4.78, 5) is 14.5. The van der Waals surface area contributed by atoms with Crippen LogP contribution in [0.15, 0.2) is 18.2 Å². The van der Waals surface area contributed by atoms with Gasteiger partial charge in [0.15, 0.2) is 11.5 Å². The fraction of sp³-hybridized carbons (Fsp3) is 0.562. The number of ether oxygens (including phenoxy) is 2. The Hall–Kier alpha value is -1.75. The van der Waals surface area contributed by atoms with E-state index in [2.05, 4.69) is 0 Å². The molecule has 1 amide bonds. The summed E-state index contributed by atoms with van der Waals surface area (Å²) in [6.07, 6.45) is 4.04. The molecule has 0 radical (unpaired) electrons. The molecule has 1 atom stereocenters. The molecule has 21 heavy (non-hydrogen) atoms. The van der Waals surface area contributed by atoms with Gasteiger partial charge in [0.25, 0.3) is 5.91 Å². The number of benzene rings is 1. The number of amides is 1. The molecule has 114 valence electrons. The molecule has 1 unspecified atom stereocenters. The summed E-state index contributed by atoms with van der Waals surface area (Å²) >= 11 is 0. The van der Waals surface area contributed by atoms with Crippen LogP contribution in [0.4, 0.5) is 0 Å². The number of fused-ring (bicyclic) bond motifs is 1. The number of aliphatic hydroxyl groups excluding tert-OH is 1. The van der Waals surface area contributed by atoms with Crippen LogP contribution in [0.2, 0.25) is 0 Å². The molecule has 3 rings (SSSR count). The van der Waals surface area contributed by atoms with Crippen molar-refractivity contribution >= 4 is 5.91 Å². The van der Waals surface area contributed by atoms with E-state index in [9.17, 15) is 9.90 Å². The largest absolute Gasteiger partial charge is 0.486 e. The first-order valence-corrected chi connectivity index (χ1v) is 7.61. The number of nitrogens with zero attached hydrogens (tertiary/aromatic N) is 1. The SMILES string of the molecule is O=C(c1ccc2c(c1)OCCO2)N1CCCCCC1CO. The smallest absolute Gasteiger partial charge is 0.254 e. The van der Waals surface area contributed by atoms with Gasteiger partial charge < -0.3 is 19.5 Å². The zero-order chi connectivity index (χ0) is 14.7. The van der Waals surface area contributed by atoms with E-state index >= 15 is 0 Å². The summed E-state index contributed by atoms with van der Waals surface area (Å²) in [5.74, 6) is 1.28. The second-order valence-corrected chi connectivity index (χ2v) is 5.54. The van der Waals surface area contributed by atoms with Crippen LogP contribution in [-0.2, 0) is 0 Å². The van der Waals surface area contributed by atoms with Crippen LogP contribution in [0.5, 0.6) is 11.5 Å². The van der Waals surface area contributed by atoms with E-state index in [4.69, 9.17) is 9.47 Å². The highest BCUT2D eigenvalue weighted by molar-refractivity contribution is 5.95. The third-order valence-electron chi connectivity index (χ3n) is 4.14. The molecule has 2 aliphatic heterocycles. The maximum absolute atomic E-state index is 12.7. The van der Waals surface area contributed by atoms with Crippen molar-refractivity contribution in [2.75, 3.05) is 26.4 Å². The topological polar surface area (TPSA) is 59.0 Å².